The Kier molecular flexibility index (Phi) is 4.77. The molecule has 0 saturated heterocycles. The lowest BCUT2D eigenvalue weighted by molar-refractivity contribution is -0.0683. The van der Waals surface area contributed by atoms with Crippen LogP contribution >= 0.6 is 11.6 Å². The lowest BCUT2D eigenvalue weighted by Crippen LogP contribution is -2.39. The van der Waals surface area contributed by atoms with Gasteiger partial charge in [-0.1, -0.05) is 68.8 Å². The molecule has 0 heterocycles. The van der Waals surface area contributed by atoms with E-state index in [4.69, 9.17) is 22.4 Å². The van der Waals surface area contributed by atoms with Crippen LogP contribution in [-0.2, 0) is 16.8 Å². The molecular weight excluding hydrogens is 320 g/mol. The second-order valence-electron chi connectivity index (χ2n) is 7.36. The van der Waals surface area contributed by atoms with E-state index in [0.29, 0.717) is 30.2 Å². The summed E-state index contributed by atoms with van der Waals surface area (Å²) >= 11 is 6.36. The maximum absolute atomic E-state index is 8.42. The number of hydrogen-bond acceptors (Lipinski definition) is 2. The number of halogens is 1. The van der Waals surface area contributed by atoms with Crippen molar-refractivity contribution in [2.45, 2.75) is 57.8 Å². The Morgan fingerprint density at radius 3 is 2.46 bits per heavy atom. The highest BCUT2D eigenvalue weighted by Gasteiger charge is 2.32. The first-order valence-electron chi connectivity index (χ1n) is 8.90. The first-order valence-corrected chi connectivity index (χ1v) is 8.78. The molecule has 0 N–H and O–H groups in total. The van der Waals surface area contributed by atoms with Gasteiger partial charge in [0.05, 0.1) is 19.1 Å². The maximum Gasteiger partial charge on any atom is 0.138 e. The van der Waals surface area contributed by atoms with E-state index < -0.39 is 6.08 Å². The molecule has 0 amide bonds. The zero-order valence-corrected chi connectivity index (χ0v) is 15.3. The Bertz CT molecular complexity index is 718. The highest BCUT2D eigenvalue weighted by Crippen LogP contribution is 2.35. The van der Waals surface area contributed by atoms with Crippen molar-refractivity contribution in [3.05, 3.63) is 64.7 Å². The highest BCUT2D eigenvalue weighted by molar-refractivity contribution is 6.32. The predicted molar refractivity (Wildman–Crippen MR) is 98.8 cm³/mol. The number of rotatable bonds is 5. The van der Waals surface area contributed by atoms with E-state index in [1.807, 2.05) is 48.5 Å². The van der Waals surface area contributed by atoms with E-state index in [9.17, 15) is 0 Å². The summed E-state index contributed by atoms with van der Waals surface area (Å²) in [4.78, 5) is 0. The van der Waals surface area contributed by atoms with Gasteiger partial charge in [-0.25, -0.2) is 0 Å². The van der Waals surface area contributed by atoms with Crippen molar-refractivity contribution < 1.29 is 10.8 Å². The van der Waals surface area contributed by atoms with Crippen molar-refractivity contribution in [1.29, 1.82) is 0 Å². The van der Waals surface area contributed by atoms with Gasteiger partial charge in [-0.2, -0.15) is 0 Å². The van der Waals surface area contributed by atoms with Crippen LogP contribution in [0, 0.1) is 0 Å². The molecule has 1 saturated carbocycles. The topological polar surface area (TPSA) is 18.5 Å². The average Bonchev–Trinajstić information content (AvgIpc) is 2.53. The third-order valence-electron chi connectivity index (χ3n) is 4.29. The smallest absolute Gasteiger partial charge is 0.138 e. The second-order valence-corrected chi connectivity index (χ2v) is 7.77. The van der Waals surface area contributed by atoms with E-state index in [-0.39, 0.29) is 11.5 Å². The van der Waals surface area contributed by atoms with Crippen molar-refractivity contribution in [2.75, 3.05) is 0 Å². The van der Waals surface area contributed by atoms with Crippen LogP contribution in [0.25, 0.3) is 0 Å². The lowest BCUT2D eigenvalue weighted by atomic mass is 9.87. The van der Waals surface area contributed by atoms with Crippen molar-refractivity contribution >= 4 is 11.6 Å². The summed E-state index contributed by atoms with van der Waals surface area (Å²) < 4.78 is 20.2. The van der Waals surface area contributed by atoms with Crippen LogP contribution in [-0.4, -0.2) is 12.2 Å². The fraction of sp³-hybridized carbons (Fsp3) is 0.429. The number of hydrogen-bond donors (Lipinski definition) is 0. The van der Waals surface area contributed by atoms with Gasteiger partial charge in [-0.3, -0.25) is 0 Å². The molecule has 0 aromatic heterocycles. The molecule has 1 fully saturated rings. The molecule has 0 radical (unpaired) electrons. The quantitative estimate of drug-likeness (QED) is 0.685. The van der Waals surface area contributed by atoms with Gasteiger partial charge in [0, 0.05) is 12.8 Å². The van der Waals surface area contributed by atoms with E-state index in [0.717, 1.165) is 11.1 Å². The van der Waals surface area contributed by atoms with Crippen molar-refractivity contribution in [3.63, 3.8) is 0 Å². The molecule has 1 aliphatic carbocycles. The van der Waals surface area contributed by atoms with Gasteiger partial charge in [0.1, 0.15) is 11.8 Å². The summed E-state index contributed by atoms with van der Waals surface area (Å²) in [6.07, 6.45) is 0.216. The first-order chi connectivity index (χ1) is 11.8. The van der Waals surface area contributed by atoms with Gasteiger partial charge in [0.2, 0.25) is 0 Å². The lowest BCUT2D eigenvalue weighted by Gasteiger charge is -2.35. The molecule has 2 aromatic rings. The average molecular weight is 346 g/mol. The largest absolute Gasteiger partial charge is 0.489 e. The minimum atomic E-state index is -0.950. The molecule has 128 valence electrons. The summed E-state index contributed by atoms with van der Waals surface area (Å²) in [7, 11) is 0. The number of ether oxygens (including phenoxy) is 2. The van der Waals surface area contributed by atoms with E-state index in [1.54, 1.807) is 0 Å². The molecule has 3 heteroatoms. The molecule has 2 nitrogen and oxygen atoms in total. The molecule has 24 heavy (non-hydrogen) atoms. The van der Waals surface area contributed by atoms with Crippen LogP contribution in [0.4, 0.5) is 0 Å². The Labute approximate surface area is 151 Å². The summed E-state index contributed by atoms with van der Waals surface area (Å²) in [5.41, 5.74) is 2.33. The summed E-state index contributed by atoms with van der Waals surface area (Å²) in [5, 5.41) is 0.563. The molecule has 0 unspecified atom stereocenters. The molecule has 1 aliphatic rings. The van der Waals surface area contributed by atoms with Gasteiger partial charge in [0.15, 0.2) is 0 Å². The Hall–Kier alpha value is -1.51. The van der Waals surface area contributed by atoms with E-state index >= 15 is 0 Å². The van der Waals surface area contributed by atoms with Gasteiger partial charge in [-0.05, 0) is 28.7 Å². The van der Waals surface area contributed by atoms with Gasteiger partial charge < -0.3 is 9.47 Å². The standard InChI is InChI=1S/C21H25ClO2/c1-21(2,3)16-9-10-20(19(22)11-16)24-18-12-17(13-18)23-14-15-7-5-4-6-8-15/h4-11,17-18H,12-14H2,1-3H3/i18D. The van der Waals surface area contributed by atoms with Crippen LogP contribution in [0.3, 0.4) is 0 Å². The Morgan fingerprint density at radius 2 is 1.83 bits per heavy atom. The molecule has 0 aliphatic heterocycles. The molecule has 0 atom stereocenters. The third-order valence-corrected chi connectivity index (χ3v) is 4.59. The minimum absolute atomic E-state index is 0.0354. The minimum Gasteiger partial charge on any atom is -0.489 e. The van der Waals surface area contributed by atoms with Crippen molar-refractivity contribution in [2.24, 2.45) is 0 Å². The van der Waals surface area contributed by atoms with Crippen LogP contribution in [0.15, 0.2) is 48.5 Å². The summed E-state index contributed by atoms with van der Waals surface area (Å²) in [6.45, 7) is 7.01. The van der Waals surface area contributed by atoms with Gasteiger partial charge in [0.25, 0.3) is 0 Å². The van der Waals surface area contributed by atoms with E-state index in [1.165, 1.54) is 0 Å². The zero-order valence-electron chi connectivity index (χ0n) is 15.5. The zero-order chi connectivity index (χ0) is 18.1. The van der Waals surface area contributed by atoms with Crippen molar-refractivity contribution in [1.82, 2.24) is 0 Å². The monoisotopic (exact) mass is 345 g/mol. The fourth-order valence-electron chi connectivity index (χ4n) is 2.64. The first kappa shape index (κ1) is 16.0. The molecular formula is C21H25ClO2. The van der Waals surface area contributed by atoms with Crippen molar-refractivity contribution in [3.8, 4) is 5.75 Å². The molecule has 0 spiro atoms. The summed E-state index contributed by atoms with van der Waals surface area (Å²) in [6, 6.07) is 15.9. The maximum atomic E-state index is 8.42. The van der Waals surface area contributed by atoms with Gasteiger partial charge >= 0.3 is 0 Å². The Balaban J connectivity index is 1.54. The third kappa shape index (κ3) is 4.31. The van der Waals surface area contributed by atoms with Crippen LogP contribution < -0.4 is 4.74 Å². The highest BCUT2D eigenvalue weighted by atomic mass is 35.5. The van der Waals surface area contributed by atoms with Crippen LogP contribution in [0.1, 0.15) is 46.1 Å². The van der Waals surface area contributed by atoms with Crippen LogP contribution in [0.2, 0.25) is 5.02 Å². The predicted octanol–water partition coefficient (Wildman–Crippen LogP) is 5.76. The molecule has 3 rings (SSSR count). The molecule has 2 aromatic carbocycles. The molecule has 0 bridgehead atoms. The van der Waals surface area contributed by atoms with Crippen LogP contribution in [0.5, 0.6) is 5.75 Å². The van der Waals surface area contributed by atoms with Gasteiger partial charge in [-0.15, -0.1) is 0 Å². The Morgan fingerprint density at radius 1 is 1.12 bits per heavy atom. The van der Waals surface area contributed by atoms with E-state index in [2.05, 4.69) is 20.8 Å². The number of benzene rings is 2. The second kappa shape index (κ2) is 7.16. The fourth-order valence-corrected chi connectivity index (χ4v) is 2.86. The summed E-state index contributed by atoms with van der Waals surface area (Å²) in [5.74, 6) is 0.575. The SMILES string of the molecule is [2H]C1(Oc2ccc(C(C)(C)C)cc2Cl)CC(OCc2ccccc2)C1. The normalized spacial score (nSPS) is 24.2.